The molecule has 0 bridgehead atoms. The van der Waals surface area contributed by atoms with E-state index in [1.165, 1.54) is 12.3 Å². The number of rotatable bonds is 2. The number of nitrogens with two attached hydrogens (primary N) is 1. The second kappa shape index (κ2) is 4.37. The molecule has 2 aromatic rings. The van der Waals surface area contributed by atoms with Gasteiger partial charge in [0.1, 0.15) is 5.75 Å². The summed E-state index contributed by atoms with van der Waals surface area (Å²) in [7, 11) is 0. The van der Waals surface area contributed by atoms with Crippen molar-refractivity contribution in [3.05, 3.63) is 47.7 Å². The monoisotopic (exact) mass is 236 g/mol. The molecule has 0 aliphatic carbocycles. The highest BCUT2D eigenvalue weighted by molar-refractivity contribution is 5.54. The summed E-state index contributed by atoms with van der Waals surface area (Å²) in [5, 5.41) is 0. The SMILES string of the molecule is Cc1ccnc(Oc2ccc(F)c(F)c2)c1N. The maximum atomic E-state index is 13.0. The van der Waals surface area contributed by atoms with Gasteiger partial charge in [0.15, 0.2) is 11.6 Å². The maximum Gasteiger partial charge on any atom is 0.242 e. The quantitative estimate of drug-likeness (QED) is 0.871. The molecule has 0 spiro atoms. The summed E-state index contributed by atoms with van der Waals surface area (Å²) in [4.78, 5) is 3.92. The summed E-state index contributed by atoms with van der Waals surface area (Å²) in [5.74, 6) is -1.58. The predicted molar refractivity (Wildman–Crippen MR) is 59.8 cm³/mol. The van der Waals surface area contributed by atoms with Gasteiger partial charge in [0.05, 0.1) is 5.69 Å². The Kier molecular flexibility index (Phi) is 2.91. The van der Waals surface area contributed by atoms with Crippen molar-refractivity contribution in [2.45, 2.75) is 6.92 Å². The zero-order chi connectivity index (χ0) is 12.4. The van der Waals surface area contributed by atoms with E-state index in [0.29, 0.717) is 5.69 Å². The van der Waals surface area contributed by atoms with E-state index in [1.807, 2.05) is 0 Å². The fourth-order valence-electron chi connectivity index (χ4n) is 1.28. The lowest BCUT2D eigenvalue weighted by molar-refractivity contribution is 0.449. The Morgan fingerprint density at radius 3 is 2.65 bits per heavy atom. The molecule has 1 aromatic heterocycles. The van der Waals surface area contributed by atoms with E-state index in [1.54, 1.807) is 13.0 Å². The number of aromatic nitrogens is 1. The third-order valence-corrected chi connectivity index (χ3v) is 2.28. The minimum absolute atomic E-state index is 0.147. The van der Waals surface area contributed by atoms with Gasteiger partial charge in [-0.25, -0.2) is 13.8 Å². The van der Waals surface area contributed by atoms with Gasteiger partial charge in [0.2, 0.25) is 5.88 Å². The Balaban J connectivity index is 2.31. The Bertz CT molecular complexity index is 558. The topological polar surface area (TPSA) is 48.1 Å². The molecule has 2 N–H and O–H groups in total. The van der Waals surface area contributed by atoms with Crippen LogP contribution in [-0.4, -0.2) is 4.98 Å². The van der Waals surface area contributed by atoms with Crippen molar-refractivity contribution < 1.29 is 13.5 Å². The van der Waals surface area contributed by atoms with Crippen molar-refractivity contribution in [2.24, 2.45) is 0 Å². The Morgan fingerprint density at radius 2 is 1.94 bits per heavy atom. The van der Waals surface area contributed by atoms with Crippen molar-refractivity contribution in [2.75, 3.05) is 5.73 Å². The molecule has 0 fully saturated rings. The first-order chi connectivity index (χ1) is 8.08. The molecule has 0 saturated heterocycles. The summed E-state index contributed by atoms with van der Waals surface area (Å²) in [6.07, 6.45) is 1.53. The van der Waals surface area contributed by atoms with Gasteiger partial charge in [-0.3, -0.25) is 0 Å². The van der Waals surface area contributed by atoms with Crippen LogP contribution in [0.1, 0.15) is 5.56 Å². The number of anilines is 1. The lowest BCUT2D eigenvalue weighted by atomic mass is 10.2. The van der Waals surface area contributed by atoms with Crippen molar-refractivity contribution in [1.29, 1.82) is 0 Å². The highest BCUT2D eigenvalue weighted by Gasteiger charge is 2.08. The average Bonchev–Trinajstić information content (AvgIpc) is 2.30. The van der Waals surface area contributed by atoms with E-state index in [2.05, 4.69) is 4.98 Å². The minimum Gasteiger partial charge on any atom is -0.437 e. The molecule has 88 valence electrons. The van der Waals surface area contributed by atoms with E-state index >= 15 is 0 Å². The molecule has 17 heavy (non-hydrogen) atoms. The molecule has 1 aromatic carbocycles. The smallest absolute Gasteiger partial charge is 0.242 e. The molecule has 0 aliphatic rings. The molecule has 0 atom stereocenters. The van der Waals surface area contributed by atoms with Crippen LogP contribution < -0.4 is 10.5 Å². The molecular formula is C12H10F2N2O. The van der Waals surface area contributed by atoms with Crippen LogP contribution in [0.3, 0.4) is 0 Å². The van der Waals surface area contributed by atoms with Gasteiger partial charge in [-0.15, -0.1) is 0 Å². The van der Waals surface area contributed by atoms with Gasteiger partial charge in [0, 0.05) is 12.3 Å². The summed E-state index contributed by atoms with van der Waals surface area (Å²) in [6, 6.07) is 4.96. The van der Waals surface area contributed by atoms with Gasteiger partial charge >= 0.3 is 0 Å². The first-order valence-electron chi connectivity index (χ1n) is 4.92. The van der Waals surface area contributed by atoms with Crippen LogP contribution in [0.4, 0.5) is 14.5 Å². The van der Waals surface area contributed by atoms with Gasteiger partial charge in [0.25, 0.3) is 0 Å². The number of aryl methyl sites for hydroxylation is 1. The van der Waals surface area contributed by atoms with Gasteiger partial charge in [-0.1, -0.05) is 0 Å². The van der Waals surface area contributed by atoms with E-state index in [9.17, 15) is 8.78 Å². The minimum atomic E-state index is -0.978. The van der Waals surface area contributed by atoms with Crippen LogP contribution in [0.2, 0.25) is 0 Å². The maximum absolute atomic E-state index is 13.0. The molecular weight excluding hydrogens is 226 g/mol. The Hall–Kier alpha value is -2.17. The van der Waals surface area contributed by atoms with Crippen LogP contribution in [0.5, 0.6) is 11.6 Å². The van der Waals surface area contributed by atoms with Crippen molar-refractivity contribution in [3.8, 4) is 11.6 Å². The van der Waals surface area contributed by atoms with E-state index in [4.69, 9.17) is 10.5 Å². The standard InChI is InChI=1S/C12H10F2N2O/c1-7-4-5-16-12(11(7)15)17-8-2-3-9(13)10(14)6-8/h2-6H,15H2,1H3. The normalized spacial score (nSPS) is 10.3. The van der Waals surface area contributed by atoms with E-state index in [0.717, 1.165) is 17.7 Å². The highest BCUT2D eigenvalue weighted by atomic mass is 19.2. The number of nitrogens with zero attached hydrogens (tertiary/aromatic N) is 1. The van der Waals surface area contributed by atoms with Crippen LogP contribution in [0, 0.1) is 18.6 Å². The highest BCUT2D eigenvalue weighted by Crippen LogP contribution is 2.27. The first kappa shape index (κ1) is 11.3. The van der Waals surface area contributed by atoms with Crippen LogP contribution >= 0.6 is 0 Å². The Labute approximate surface area is 96.9 Å². The van der Waals surface area contributed by atoms with Crippen molar-refractivity contribution in [1.82, 2.24) is 4.98 Å². The molecule has 0 unspecified atom stereocenters. The zero-order valence-electron chi connectivity index (χ0n) is 9.08. The fraction of sp³-hybridized carbons (Fsp3) is 0.0833. The molecule has 0 saturated carbocycles. The number of hydrogen-bond acceptors (Lipinski definition) is 3. The van der Waals surface area contributed by atoms with Gasteiger partial charge in [-0.2, -0.15) is 0 Å². The molecule has 0 radical (unpaired) electrons. The predicted octanol–water partition coefficient (Wildman–Crippen LogP) is 3.04. The molecule has 0 amide bonds. The number of ether oxygens (including phenoxy) is 1. The number of hydrogen-bond donors (Lipinski definition) is 1. The lowest BCUT2D eigenvalue weighted by Gasteiger charge is -2.08. The van der Waals surface area contributed by atoms with Crippen molar-refractivity contribution in [3.63, 3.8) is 0 Å². The zero-order valence-corrected chi connectivity index (χ0v) is 9.08. The third kappa shape index (κ3) is 2.33. The molecule has 1 heterocycles. The van der Waals surface area contributed by atoms with Crippen LogP contribution in [0.15, 0.2) is 30.5 Å². The van der Waals surface area contributed by atoms with Crippen molar-refractivity contribution >= 4 is 5.69 Å². The number of benzene rings is 1. The molecule has 5 heteroatoms. The number of nitrogen functional groups attached to an aromatic ring is 1. The summed E-state index contributed by atoms with van der Waals surface area (Å²) >= 11 is 0. The van der Waals surface area contributed by atoms with Gasteiger partial charge in [-0.05, 0) is 30.7 Å². The van der Waals surface area contributed by atoms with Crippen LogP contribution in [0.25, 0.3) is 0 Å². The summed E-state index contributed by atoms with van der Waals surface area (Å²) < 4.78 is 30.9. The van der Waals surface area contributed by atoms with Crippen LogP contribution in [-0.2, 0) is 0 Å². The van der Waals surface area contributed by atoms with E-state index in [-0.39, 0.29) is 11.6 Å². The molecule has 0 aliphatic heterocycles. The third-order valence-electron chi connectivity index (χ3n) is 2.28. The summed E-state index contributed by atoms with van der Waals surface area (Å²) in [5.41, 5.74) is 6.92. The van der Waals surface area contributed by atoms with E-state index < -0.39 is 11.6 Å². The first-order valence-corrected chi connectivity index (χ1v) is 4.92. The molecule has 3 nitrogen and oxygen atoms in total. The fourth-order valence-corrected chi connectivity index (χ4v) is 1.28. The van der Waals surface area contributed by atoms with Gasteiger partial charge < -0.3 is 10.5 Å². The number of pyridine rings is 1. The second-order valence-electron chi connectivity index (χ2n) is 3.52. The summed E-state index contributed by atoms with van der Waals surface area (Å²) in [6.45, 7) is 1.80. The number of halogens is 2. The largest absolute Gasteiger partial charge is 0.437 e. The Morgan fingerprint density at radius 1 is 1.18 bits per heavy atom. The molecule has 2 rings (SSSR count). The second-order valence-corrected chi connectivity index (χ2v) is 3.52. The lowest BCUT2D eigenvalue weighted by Crippen LogP contribution is -1.97. The average molecular weight is 236 g/mol.